The van der Waals surface area contributed by atoms with Crippen molar-refractivity contribution in [2.24, 2.45) is 0 Å². The van der Waals surface area contributed by atoms with Crippen molar-refractivity contribution >= 4 is 23.2 Å². The lowest BCUT2D eigenvalue weighted by Crippen LogP contribution is -2.13. The minimum Gasteiger partial charge on any atom is -0.491 e. The first kappa shape index (κ1) is 16.3. The van der Waals surface area contributed by atoms with Crippen molar-refractivity contribution < 1.29 is 9.53 Å². The number of pyridine rings is 1. The molecule has 1 heterocycles. The molecule has 22 heavy (non-hydrogen) atoms. The van der Waals surface area contributed by atoms with Gasteiger partial charge in [-0.3, -0.25) is 9.78 Å². The van der Waals surface area contributed by atoms with Crippen LogP contribution in [0.15, 0.2) is 42.7 Å². The molecule has 1 aromatic carbocycles. The van der Waals surface area contributed by atoms with Crippen LogP contribution in [0.2, 0.25) is 5.02 Å². The first-order valence-electron chi connectivity index (χ1n) is 7.30. The summed E-state index contributed by atoms with van der Waals surface area (Å²) < 4.78 is 5.62. The maximum atomic E-state index is 12.1. The standard InChI is InChI=1S/C17H19ClN2O2/c1-2-10-22-16-7-6-14(18)11-15(16)20-17(21)8-5-13-4-3-9-19-12-13/h3-4,6-7,9,11-12H,2,5,8,10H2,1H3,(H,20,21). The zero-order chi connectivity index (χ0) is 15.8. The molecule has 1 N–H and O–H groups in total. The molecule has 0 atom stereocenters. The number of aromatic nitrogens is 1. The number of carbonyl (C=O) groups excluding carboxylic acids is 1. The predicted octanol–water partition coefficient (Wildman–Crippen LogP) is 4.10. The quantitative estimate of drug-likeness (QED) is 0.836. The summed E-state index contributed by atoms with van der Waals surface area (Å²) in [5, 5.41) is 3.42. The zero-order valence-electron chi connectivity index (χ0n) is 12.5. The van der Waals surface area contributed by atoms with Gasteiger partial charge in [0.05, 0.1) is 12.3 Å². The molecule has 5 heteroatoms. The monoisotopic (exact) mass is 318 g/mol. The molecule has 2 aromatic rings. The van der Waals surface area contributed by atoms with Crippen molar-refractivity contribution in [3.8, 4) is 5.75 Å². The van der Waals surface area contributed by atoms with Gasteiger partial charge in [-0.15, -0.1) is 0 Å². The molecular formula is C17H19ClN2O2. The number of rotatable bonds is 7. The lowest BCUT2D eigenvalue weighted by molar-refractivity contribution is -0.116. The second kappa shape index (κ2) is 8.39. The molecule has 0 bridgehead atoms. The number of nitrogens with zero attached hydrogens (tertiary/aromatic N) is 1. The Morgan fingerprint density at radius 1 is 1.36 bits per heavy atom. The average Bonchev–Trinajstić information content (AvgIpc) is 2.53. The summed E-state index contributed by atoms with van der Waals surface area (Å²) in [5.41, 5.74) is 1.64. The minimum absolute atomic E-state index is 0.0764. The van der Waals surface area contributed by atoms with Gasteiger partial charge in [0.15, 0.2) is 0 Å². The van der Waals surface area contributed by atoms with E-state index in [2.05, 4.69) is 10.3 Å². The average molecular weight is 319 g/mol. The third-order valence-electron chi connectivity index (χ3n) is 3.04. The molecule has 0 aliphatic carbocycles. The van der Waals surface area contributed by atoms with Crippen LogP contribution in [0.4, 0.5) is 5.69 Å². The van der Waals surface area contributed by atoms with E-state index in [1.165, 1.54) is 0 Å². The van der Waals surface area contributed by atoms with Crippen LogP contribution in [0.25, 0.3) is 0 Å². The molecule has 1 amide bonds. The zero-order valence-corrected chi connectivity index (χ0v) is 13.3. The molecule has 4 nitrogen and oxygen atoms in total. The Morgan fingerprint density at radius 2 is 2.23 bits per heavy atom. The second-order valence-electron chi connectivity index (χ2n) is 4.90. The van der Waals surface area contributed by atoms with Gasteiger partial charge >= 0.3 is 0 Å². The molecular weight excluding hydrogens is 300 g/mol. The van der Waals surface area contributed by atoms with Crippen molar-refractivity contribution in [3.63, 3.8) is 0 Å². The van der Waals surface area contributed by atoms with Crippen molar-refractivity contribution in [2.75, 3.05) is 11.9 Å². The summed E-state index contributed by atoms with van der Waals surface area (Å²) in [6, 6.07) is 9.04. The van der Waals surface area contributed by atoms with Crippen LogP contribution < -0.4 is 10.1 Å². The van der Waals surface area contributed by atoms with Crippen molar-refractivity contribution in [2.45, 2.75) is 26.2 Å². The van der Waals surface area contributed by atoms with Crippen LogP contribution in [0.3, 0.4) is 0 Å². The van der Waals surface area contributed by atoms with Gasteiger partial charge in [-0.1, -0.05) is 24.6 Å². The number of ether oxygens (including phenoxy) is 1. The van der Waals surface area contributed by atoms with Gasteiger partial charge in [-0.25, -0.2) is 0 Å². The van der Waals surface area contributed by atoms with Crippen LogP contribution in [-0.4, -0.2) is 17.5 Å². The summed E-state index contributed by atoms with van der Waals surface area (Å²) in [4.78, 5) is 16.1. The fraction of sp³-hybridized carbons (Fsp3) is 0.294. The number of hydrogen-bond acceptors (Lipinski definition) is 3. The summed E-state index contributed by atoms with van der Waals surface area (Å²) in [5.74, 6) is 0.563. The first-order valence-corrected chi connectivity index (χ1v) is 7.68. The van der Waals surface area contributed by atoms with E-state index in [1.54, 1.807) is 30.6 Å². The molecule has 2 rings (SSSR count). The maximum absolute atomic E-state index is 12.1. The van der Waals surface area contributed by atoms with Gasteiger partial charge in [-0.2, -0.15) is 0 Å². The third-order valence-corrected chi connectivity index (χ3v) is 3.28. The maximum Gasteiger partial charge on any atom is 0.224 e. The molecule has 116 valence electrons. The largest absolute Gasteiger partial charge is 0.491 e. The summed E-state index contributed by atoms with van der Waals surface area (Å²) >= 11 is 5.99. The lowest BCUT2D eigenvalue weighted by atomic mass is 10.1. The van der Waals surface area contributed by atoms with Crippen LogP contribution in [0.1, 0.15) is 25.3 Å². The summed E-state index contributed by atoms with van der Waals surface area (Å²) in [7, 11) is 0. The van der Waals surface area contributed by atoms with Gasteiger partial charge in [0.25, 0.3) is 0 Å². The lowest BCUT2D eigenvalue weighted by Gasteiger charge is -2.12. The highest BCUT2D eigenvalue weighted by molar-refractivity contribution is 6.31. The van der Waals surface area contributed by atoms with E-state index >= 15 is 0 Å². The van der Waals surface area contributed by atoms with Gasteiger partial charge in [-0.05, 0) is 42.7 Å². The van der Waals surface area contributed by atoms with Crippen LogP contribution in [0.5, 0.6) is 5.75 Å². The minimum atomic E-state index is -0.0764. The number of hydrogen-bond donors (Lipinski definition) is 1. The molecule has 0 spiro atoms. The predicted molar refractivity (Wildman–Crippen MR) is 88.4 cm³/mol. The number of nitrogens with one attached hydrogen (secondary N) is 1. The Balaban J connectivity index is 1.96. The topological polar surface area (TPSA) is 51.2 Å². The molecule has 0 aliphatic heterocycles. The Kier molecular flexibility index (Phi) is 6.22. The fourth-order valence-electron chi connectivity index (χ4n) is 1.95. The Hall–Kier alpha value is -2.07. The number of carbonyl (C=O) groups is 1. The smallest absolute Gasteiger partial charge is 0.224 e. The van der Waals surface area contributed by atoms with E-state index in [0.717, 1.165) is 12.0 Å². The molecule has 0 fully saturated rings. The molecule has 0 aliphatic rings. The first-order chi connectivity index (χ1) is 10.7. The number of anilines is 1. The summed E-state index contributed by atoms with van der Waals surface area (Å²) in [6.45, 7) is 2.63. The fourth-order valence-corrected chi connectivity index (χ4v) is 2.13. The molecule has 0 radical (unpaired) electrons. The second-order valence-corrected chi connectivity index (χ2v) is 5.33. The highest BCUT2D eigenvalue weighted by Crippen LogP contribution is 2.28. The number of halogens is 1. The normalized spacial score (nSPS) is 10.3. The SMILES string of the molecule is CCCOc1ccc(Cl)cc1NC(=O)CCc1cccnc1. The van der Waals surface area contributed by atoms with E-state index in [9.17, 15) is 4.79 Å². The Labute approximate surface area is 135 Å². The molecule has 0 saturated carbocycles. The van der Waals surface area contributed by atoms with Crippen LogP contribution in [-0.2, 0) is 11.2 Å². The number of amides is 1. The van der Waals surface area contributed by atoms with Gasteiger partial charge in [0.2, 0.25) is 5.91 Å². The van der Waals surface area contributed by atoms with E-state index in [4.69, 9.17) is 16.3 Å². The molecule has 1 aromatic heterocycles. The van der Waals surface area contributed by atoms with Crippen molar-refractivity contribution in [1.82, 2.24) is 4.98 Å². The molecule has 0 unspecified atom stereocenters. The Bertz CT molecular complexity index is 617. The van der Waals surface area contributed by atoms with Crippen LogP contribution >= 0.6 is 11.6 Å². The van der Waals surface area contributed by atoms with Gasteiger partial charge < -0.3 is 10.1 Å². The van der Waals surface area contributed by atoms with E-state index in [0.29, 0.717) is 35.9 Å². The van der Waals surface area contributed by atoms with Gasteiger partial charge in [0, 0.05) is 23.8 Å². The number of aryl methyl sites for hydroxylation is 1. The van der Waals surface area contributed by atoms with E-state index < -0.39 is 0 Å². The van der Waals surface area contributed by atoms with E-state index in [1.807, 2.05) is 19.1 Å². The number of benzene rings is 1. The summed E-state index contributed by atoms with van der Waals surface area (Å²) in [6.07, 6.45) is 5.41. The third kappa shape index (κ3) is 5.04. The van der Waals surface area contributed by atoms with Crippen molar-refractivity contribution in [1.29, 1.82) is 0 Å². The highest BCUT2D eigenvalue weighted by Gasteiger charge is 2.09. The van der Waals surface area contributed by atoms with Gasteiger partial charge in [0.1, 0.15) is 5.75 Å². The molecule has 0 saturated heterocycles. The van der Waals surface area contributed by atoms with E-state index in [-0.39, 0.29) is 5.91 Å². The highest BCUT2D eigenvalue weighted by atomic mass is 35.5. The van der Waals surface area contributed by atoms with Crippen LogP contribution in [0, 0.1) is 0 Å². The Morgan fingerprint density at radius 3 is 2.95 bits per heavy atom. The van der Waals surface area contributed by atoms with Crippen molar-refractivity contribution in [3.05, 3.63) is 53.3 Å².